The summed E-state index contributed by atoms with van der Waals surface area (Å²) in [5.41, 5.74) is 1.44. The Hall–Kier alpha value is -3.02. The first kappa shape index (κ1) is 33.6. The third-order valence-corrected chi connectivity index (χ3v) is 4.70. The van der Waals surface area contributed by atoms with Crippen LogP contribution in [0.2, 0.25) is 0 Å². The molecule has 4 amide bonds. The van der Waals surface area contributed by atoms with E-state index in [0.29, 0.717) is 33.0 Å². The first-order valence-corrected chi connectivity index (χ1v) is 9.83. The lowest BCUT2D eigenvalue weighted by Gasteiger charge is -2.31. The van der Waals surface area contributed by atoms with Crippen LogP contribution < -0.4 is 0 Å². The van der Waals surface area contributed by atoms with Crippen LogP contribution in [0.15, 0.2) is 24.3 Å². The Labute approximate surface area is 194 Å². The van der Waals surface area contributed by atoms with Crippen LogP contribution in [0.4, 0.5) is 0 Å². The third-order valence-electron chi connectivity index (χ3n) is 4.70. The van der Waals surface area contributed by atoms with Crippen LogP contribution in [0.25, 0.3) is 10.8 Å². The number of amides is 4. The van der Waals surface area contributed by atoms with Gasteiger partial charge < -0.3 is 0 Å². The quantitative estimate of drug-likeness (QED) is 0.483. The molecule has 0 spiro atoms. The summed E-state index contributed by atoms with van der Waals surface area (Å²) in [4.78, 5) is 52.7. The molecule has 6 heteroatoms. The van der Waals surface area contributed by atoms with Crippen molar-refractivity contribution in [2.24, 2.45) is 0 Å². The number of hydrogen-bond donors (Lipinski definition) is 0. The molecule has 2 aliphatic rings. The predicted molar refractivity (Wildman–Crippen MR) is 136 cm³/mol. The summed E-state index contributed by atoms with van der Waals surface area (Å²) in [5, 5.41) is 0.837. The van der Waals surface area contributed by atoms with Crippen molar-refractivity contribution in [2.45, 2.75) is 71.2 Å². The summed E-state index contributed by atoms with van der Waals surface area (Å²) in [7, 11) is 0. The summed E-state index contributed by atoms with van der Waals surface area (Å²) in [6.07, 6.45) is 0. The van der Waals surface area contributed by atoms with Gasteiger partial charge in [0.1, 0.15) is 0 Å². The average molecular weight is 447 g/mol. The zero-order valence-corrected chi connectivity index (χ0v) is 17.3. The van der Waals surface area contributed by atoms with Gasteiger partial charge in [0.05, 0.1) is 0 Å². The minimum atomic E-state index is -0.392. The lowest BCUT2D eigenvalue weighted by atomic mass is 9.86. The molecule has 2 heterocycles. The van der Waals surface area contributed by atoms with Gasteiger partial charge in [0.15, 0.2) is 0 Å². The first-order valence-electron chi connectivity index (χ1n) is 9.83. The summed E-state index contributed by atoms with van der Waals surface area (Å²) in [6.45, 7) is 12.0. The van der Waals surface area contributed by atoms with Crippen LogP contribution in [0.3, 0.4) is 0 Å². The summed E-state index contributed by atoms with van der Waals surface area (Å²) < 4.78 is 0. The van der Waals surface area contributed by atoms with Gasteiger partial charge >= 0.3 is 0 Å². The van der Waals surface area contributed by atoms with Crippen molar-refractivity contribution in [3.8, 4) is 0 Å². The Morgan fingerprint density at radius 1 is 0.500 bits per heavy atom. The molecule has 0 N–H and O–H groups in total. The summed E-state index contributed by atoms with van der Waals surface area (Å²) >= 11 is 0. The van der Waals surface area contributed by atoms with Crippen LogP contribution in [0.5, 0.6) is 0 Å². The van der Waals surface area contributed by atoms with Crippen LogP contribution in [-0.2, 0) is 0 Å². The normalized spacial score (nSPS) is 12.7. The van der Waals surface area contributed by atoms with Crippen molar-refractivity contribution < 1.29 is 19.2 Å². The van der Waals surface area contributed by atoms with E-state index in [4.69, 9.17) is 0 Å². The Morgan fingerprint density at radius 3 is 0.844 bits per heavy atom. The van der Waals surface area contributed by atoms with Gasteiger partial charge in [-0.2, -0.15) is 0 Å². The summed E-state index contributed by atoms with van der Waals surface area (Å²) in [6, 6.07) is 6.29. The second-order valence-corrected chi connectivity index (χ2v) is 5.78. The average Bonchev–Trinajstić information content (AvgIpc) is 2.74. The number of benzene rings is 2. The van der Waals surface area contributed by atoms with E-state index >= 15 is 0 Å². The molecular weight excluding hydrogens is 404 g/mol. The summed E-state index contributed by atoms with van der Waals surface area (Å²) in [5.74, 6) is -1.57. The molecular formula is C26H42N2O4. The maximum atomic E-state index is 12.6. The Balaban J connectivity index is -0.000000998. The molecule has 0 saturated carbocycles. The van der Waals surface area contributed by atoms with Gasteiger partial charge in [0, 0.05) is 46.1 Å². The smallest absolute Gasteiger partial charge is 0.261 e. The molecule has 32 heavy (non-hydrogen) atoms. The molecule has 0 fully saturated rings. The highest BCUT2D eigenvalue weighted by molar-refractivity contribution is 6.33. The SMILES string of the molecule is C.C.C.C.CC.CC.CCN1C(=O)c2ccc3c4c(ccc(c24)C1=O)C(=O)N(CC)C3=O. The third kappa shape index (κ3) is 4.59. The first-order chi connectivity index (χ1) is 13.5. The molecule has 6 nitrogen and oxygen atoms in total. The number of carbonyl (C=O) groups excluding carboxylic acids is 4. The number of carbonyl (C=O) groups is 4. The molecule has 180 valence electrons. The monoisotopic (exact) mass is 446 g/mol. The molecule has 2 aromatic carbocycles. The molecule has 4 rings (SSSR count). The highest BCUT2D eigenvalue weighted by Gasteiger charge is 2.38. The maximum Gasteiger partial charge on any atom is 0.261 e. The minimum Gasteiger partial charge on any atom is -0.275 e. The maximum absolute atomic E-state index is 12.6. The van der Waals surface area contributed by atoms with Gasteiger partial charge in [0.2, 0.25) is 0 Å². The van der Waals surface area contributed by atoms with Crippen LogP contribution in [0, 0.1) is 0 Å². The molecule has 0 radical (unpaired) electrons. The molecule has 0 bridgehead atoms. The number of nitrogens with zero attached hydrogens (tertiary/aromatic N) is 2. The van der Waals surface area contributed by atoms with E-state index in [9.17, 15) is 19.2 Å². The second kappa shape index (κ2) is 13.4. The zero-order chi connectivity index (χ0) is 21.2. The standard InChI is InChI=1S/C18H14N2O4.2C2H6.4CH4/c1-3-19-15(21)9-5-7-11-14-12(18(24)20(4-2)17(11)23)8-6-10(13(9)14)16(19)22;2*1-2;;;;/h5-8H,3-4H2,1-2H3;2*1-2H3;4*1H4. The van der Waals surface area contributed by atoms with Crippen molar-refractivity contribution in [1.82, 2.24) is 9.80 Å². The van der Waals surface area contributed by atoms with E-state index < -0.39 is 23.6 Å². The fraction of sp³-hybridized carbons (Fsp3) is 0.462. The highest BCUT2D eigenvalue weighted by Crippen LogP contribution is 2.37. The van der Waals surface area contributed by atoms with Gasteiger partial charge in [-0.3, -0.25) is 29.0 Å². The van der Waals surface area contributed by atoms with Gasteiger partial charge in [-0.05, 0) is 38.1 Å². The van der Waals surface area contributed by atoms with E-state index in [-0.39, 0.29) is 42.8 Å². The van der Waals surface area contributed by atoms with Crippen LogP contribution >= 0.6 is 0 Å². The number of hydrogen-bond acceptors (Lipinski definition) is 4. The molecule has 0 saturated heterocycles. The van der Waals surface area contributed by atoms with E-state index in [2.05, 4.69) is 0 Å². The lowest BCUT2D eigenvalue weighted by Crippen LogP contribution is -2.43. The fourth-order valence-corrected chi connectivity index (χ4v) is 3.55. The molecule has 2 aromatic rings. The fourth-order valence-electron chi connectivity index (χ4n) is 3.55. The van der Waals surface area contributed by atoms with Crippen molar-refractivity contribution in [2.75, 3.05) is 13.1 Å². The number of rotatable bonds is 2. The minimum absolute atomic E-state index is 0. The molecule has 0 aliphatic carbocycles. The highest BCUT2D eigenvalue weighted by atomic mass is 16.2. The van der Waals surface area contributed by atoms with Gasteiger partial charge in [-0.15, -0.1) is 0 Å². The largest absolute Gasteiger partial charge is 0.275 e. The van der Waals surface area contributed by atoms with Gasteiger partial charge in [-0.1, -0.05) is 57.4 Å². The van der Waals surface area contributed by atoms with Crippen LogP contribution in [0.1, 0.15) is 113 Å². The Morgan fingerprint density at radius 2 is 0.688 bits per heavy atom. The Bertz CT molecular complexity index is 830. The molecule has 0 atom stereocenters. The zero-order valence-electron chi connectivity index (χ0n) is 17.3. The van der Waals surface area contributed by atoms with Gasteiger partial charge in [0.25, 0.3) is 23.6 Å². The van der Waals surface area contributed by atoms with E-state index in [0.717, 1.165) is 0 Å². The van der Waals surface area contributed by atoms with Gasteiger partial charge in [-0.25, -0.2) is 0 Å². The van der Waals surface area contributed by atoms with Crippen LogP contribution in [-0.4, -0.2) is 46.5 Å². The molecule has 2 aliphatic heterocycles. The second-order valence-electron chi connectivity index (χ2n) is 5.78. The van der Waals surface area contributed by atoms with E-state index in [1.165, 1.54) is 9.80 Å². The van der Waals surface area contributed by atoms with Crippen molar-refractivity contribution in [3.05, 3.63) is 46.5 Å². The lowest BCUT2D eigenvalue weighted by molar-refractivity contribution is 0.0597. The van der Waals surface area contributed by atoms with Crippen molar-refractivity contribution in [1.29, 1.82) is 0 Å². The van der Waals surface area contributed by atoms with Crippen molar-refractivity contribution >= 4 is 34.4 Å². The van der Waals surface area contributed by atoms with E-state index in [1.807, 2.05) is 27.7 Å². The molecule has 0 aromatic heterocycles. The topological polar surface area (TPSA) is 74.8 Å². The van der Waals surface area contributed by atoms with Crippen molar-refractivity contribution in [3.63, 3.8) is 0 Å². The molecule has 0 unspecified atom stereocenters. The number of imide groups is 2. The predicted octanol–water partition coefficient (Wildman–Crippen LogP) is 6.67. The Kier molecular flexibility index (Phi) is 14.1. The van der Waals surface area contributed by atoms with E-state index in [1.54, 1.807) is 38.1 Å².